The van der Waals surface area contributed by atoms with Crippen LogP contribution in [0.25, 0.3) is 17.2 Å². The number of fused-ring (bicyclic) bond motifs is 7. The number of hydrogen-bond donors (Lipinski definition) is 1. The molecule has 0 aliphatic heterocycles. The average molecular weight is 603 g/mol. The Morgan fingerprint density at radius 1 is 0.870 bits per heavy atom. The van der Waals surface area contributed by atoms with Gasteiger partial charge in [0.05, 0.1) is 0 Å². The van der Waals surface area contributed by atoms with Crippen LogP contribution in [0, 0.1) is 11.8 Å². The lowest BCUT2D eigenvalue weighted by atomic mass is 9.72. The van der Waals surface area contributed by atoms with Crippen LogP contribution in [0.15, 0.2) is 102 Å². The minimum atomic E-state index is -0.150. The van der Waals surface area contributed by atoms with Crippen LogP contribution in [0.5, 0.6) is 0 Å². The van der Waals surface area contributed by atoms with Gasteiger partial charge in [0.1, 0.15) is 6.17 Å². The molecule has 4 aromatic rings. The van der Waals surface area contributed by atoms with E-state index >= 15 is 0 Å². The van der Waals surface area contributed by atoms with E-state index < -0.39 is 0 Å². The molecule has 4 unspecified atom stereocenters. The van der Waals surface area contributed by atoms with Gasteiger partial charge in [-0.05, 0) is 110 Å². The lowest BCUT2D eigenvalue weighted by Gasteiger charge is -2.32. The van der Waals surface area contributed by atoms with Crippen LogP contribution in [0.1, 0.15) is 110 Å². The zero-order valence-electron chi connectivity index (χ0n) is 28.0. The van der Waals surface area contributed by atoms with Crippen molar-refractivity contribution >= 4 is 12.3 Å². The van der Waals surface area contributed by atoms with Crippen LogP contribution in [-0.4, -0.2) is 6.21 Å². The molecule has 4 aliphatic carbocycles. The Morgan fingerprint density at radius 2 is 1.72 bits per heavy atom. The molecule has 0 fully saturated rings. The molecule has 0 amide bonds. The third-order valence-corrected chi connectivity index (χ3v) is 11.6. The molecule has 4 aliphatic rings. The fourth-order valence-electron chi connectivity index (χ4n) is 8.97. The number of aliphatic imine (C=N–C) groups is 1. The van der Waals surface area contributed by atoms with Crippen LogP contribution in [0.4, 0.5) is 0 Å². The predicted molar refractivity (Wildman–Crippen MR) is 194 cm³/mol. The maximum atomic E-state index is 5.27. The normalized spacial score (nSPS) is 23.5. The smallest absolute Gasteiger partial charge is 0.125 e. The molecule has 4 atom stereocenters. The summed E-state index contributed by atoms with van der Waals surface area (Å²) in [5, 5.41) is 3.86. The van der Waals surface area contributed by atoms with E-state index in [-0.39, 0.29) is 17.0 Å². The van der Waals surface area contributed by atoms with Gasteiger partial charge in [0, 0.05) is 24.1 Å². The summed E-state index contributed by atoms with van der Waals surface area (Å²) < 4.78 is 0. The van der Waals surface area contributed by atoms with E-state index in [0.717, 1.165) is 13.0 Å². The maximum Gasteiger partial charge on any atom is 0.125 e. The summed E-state index contributed by atoms with van der Waals surface area (Å²) in [6.07, 6.45) is 15.0. The largest absolute Gasteiger partial charge is 0.288 e. The molecule has 0 radical (unpaired) electrons. The van der Waals surface area contributed by atoms with Crippen molar-refractivity contribution in [2.45, 2.75) is 83.3 Å². The Bertz CT molecular complexity index is 1920. The van der Waals surface area contributed by atoms with Crippen molar-refractivity contribution in [2.24, 2.45) is 16.8 Å². The summed E-state index contributed by atoms with van der Waals surface area (Å²) in [6, 6.07) is 29.9. The van der Waals surface area contributed by atoms with E-state index in [1.54, 1.807) is 0 Å². The van der Waals surface area contributed by atoms with Gasteiger partial charge in [-0.1, -0.05) is 126 Å². The Kier molecular flexibility index (Phi) is 7.07. The topological polar surface area (TPSA) is 24.4 Å². The van der Waals surface area contributed by atoms with Gasteiger partial charge >= 0.3 is 0 Å². The van der Waals surface area contributed by atoms with Crippen LogP contribution >= 0.6 is 0 Å². The highest BCUT2D eigenvalue weighted by Gasteiger charge is 2.45. The van der Waals surface area contributed by atoms with Gasteiger partial charge in [-0.2, -0.15) is 0 Å². The average Bonchev–Trinajstić information content (AvgIpc) is 3.44. The molecule has 0 spiro atoms. The second-order valence-electron chi connectivity index (χ2n) is 15.3. The molecule has 4 aromatic carbocycles. The fourth-order valence-corrected chi connectivity index (χ4v) is 8.97. The highest BCUT2D eigenvalue weighted by Crippen LogP contribution is 2.54. The van der Waals surface area contributed by atoms with E-state index in [9.17, 15) is 0 Å². The second-order valence-corrected chi connectivity index (χ2v) is 15.3. The van der Waals surface area contributed by atoms with Crippen molar-refractivity contribution in [2.75, 3.05) is 0 Å². The Hall–Kier alpha value is -4.01. The van der Waals surface area contributed by atoms with Gasteiger partial charge in [0.15, 0.2) is 0 Å². The van der Waals surface area contributed by atoms with Crippen LogP contribution in [-0.2, 0) is 23.8 Å². The molecular formula is C44H46N2. The number of nitrogens with one attached hydrogen (secondary N) is 1. The van der Waals surface area contributed by atoms with Crippen molar-refractivity contribution in [3.8, 4) is 11.1 Å². The minimum absolute atomic E-state index is 0.00387. The molecule has 0 bridgehead atoms. The molecule has 0 aromatic heterocycles. The third-order valence-electron chi connectivity index (χ3n) is 11.6. The highest BCUT2D eigenvalue weighted by atomic mass is 15.1. The Balaban J connectivity index is 1.10. The highest BCUT2D eigenvalue weighted by molar-refractivity contribution is 5.82. The quantitative estimate of drug-likeness (QED) is 0.172. The number of hydrogen-bond acceptors (Lipinski definition) is 2. The van der Waals surface area contributed by atoms with E-state index in [1.807, 2.05) is 0 Å². The number of rotatable bonds is 6. The first-order valence-corrected chi connectivity index (χ1v) is 17.3. The van der Waals surface area contributed by atoms with Crippen LogP contribution < -0.4 is 5.32 Å². The number of allylic oxidation sites excluding steroid dienone is 3. The van der Waals surface area contributed by atoms with Crippen molar-refractivity contribution in [1.82, 2.24) is 5.32 Å². The number of nitrogens with zero attached hydrogens (tertiary/aromatic N) is 1. The molecule has 1 N–H and O–H groups in total. The van der Waals surface area contributed by atoms with Crippen molar-refractivity contribution < 1.29 is 0 Å². The van der Waals surface area contributed by atoms with E-state index in [1.165, 1.54) is 74.0 Å². The summed E-state index contributed by atoms with van der Waals surface area (Å²) in [6.45, 7) is 12.6. The zero-order valence-corrected chi connectivity index (χ0v) is 28.0. The van der Waals surface area contributed by atoms with Gasteiger partial charge in [0.25, 0.3) is 0 Å². The Labute approximate surface area is 275 Å². The van der Waals surface area contributed by atoms with E-state index in [2.05, 4.69) is 149 Å². The molecule has 2 nitrogen and oxygen atoms in total. The Morgan fingerprint density at radius 3 is 2.61 bits per heavy atom. The van der Waals surface area contributed by atoms with Crippen molar-refractivity contribution in [1.29, 1.82) is 0 Å². The molecule has 0 heterocycles. The fraction of sp³-hybridized carbons (Fsp3) is 0.341. The first-order valence-electron chi connectivity index (χ1n) is 17.3. The van der Waals surface area contributed by atoms with Gasteiger partial charge in [-0.25, -0.2) is 0 Å². The SMILES string of the molecule is CC1C=Cc2cc(C(/N=C/c3ccc4c(c3)C(C)(C)C3CCC=CC43)NCc3ccc4c(c3)C(C)(C)c3ccccc3-4)ccc2C1. The summed E-state index contributed by atoms with van der Waals surface area (Å²) in [5.41, 5.74) is 15.2. The minimum Gasteiger partial charge on any atom is -0.288 e. The molecule has 46 heavy (non-hydrogen) atoms. The predicted octanol–water partition coefficient (Wildman–Crippen LogP) is 10.4. The van der Waals surface area contributed by atoms with E-state index in [4.69, 9.17) is 4.99 Å². The third kappa shape index (κ3) is 4.85. The second kappa shape index (κ2) is 11.1. The summed E-state index contributed by atoms with van der Waals surface area (Å²) in [4.78, 5) is 5.27. The lowest BCUT2D eigenvalue weighted by molar-refractivity contribution is 0.301. The summed E-state index contributed by atoms with van der Waals surface area (Å²) in [7, 11) is 0. The standard InChI is InChI=1S/C44H46N2/c1-28-14-17-32-25-33(19-18-31(32)22-28)42(45-26-29-15-20-36-34-10-6-8-12-38(34)43(2,3)40(36)23-29)46-27-30-16-21-37-35-11-7-9-13-39(35)44(4,5)41(37)24-30/h6-8,10-12,14-21,23-25,27-28,35,39,42,45H,9,13,22,26H2,1-5H3/b46-27+. The lowest BCUT2D eigenvalue weighted by Crippen LogP contribution is -2.26. The molecular weight excluding hydrogens is 556 g/mol. The van der Waals surface area contributed by atoms with Crippen molar-refractivity contribution in [3.63, 3.8) is 0 Å². The van der Waals surface area contributed by atoms with Crippen LogP contribution in [0.2, 0.25) is 0 Å². The first kappa shape index (κ1) is 29.4. The molecule has 2 heteroatoms. The van der Waals surface area contributed by atoms with Gasteiger partial charge in [-0.3, -0.25) is 10.3 Å². The van der Waals surface area contributed by atoms with Crippen LogP contribution in [0.3, 0.4) is 0 Å². The monoisotopic (exact) mass is 602 g/mol. The molecule has 0 saturated heterocycles. The molecule has 0 saturated carbocycles. The zero-order chi connectivity index (χ0) is 31.6. The maximum absolute atomic E-state index is 5.27. The number of benzene rings is 4. The van der Waals surface area contributed by atoms with Crippen molar-refractivity contribution in [3.05, 3.63) is 147 Å². The van der Waals surface area contributed by atoms with Gasteiger partial charge in [-0.15, -0.1) is 0 Å². The first-order chi connectivity index (χ1) is 22.2. The summed E-state index contributed by atoms with van der Waals surface area (Å²) >= 11 is 0. The molecule has 8 rings (SSSR count). The van der Waals surface area contributed by atoms with Gasteiger partial charge < -0.3 is 0 Å². The molecule has 232 valence electrons. The van der Waals surface area contributed by atoms with E-state index in [0.29, 0.717) is 17.8 Å². The van der Waals surface area contributed by atoms with Gasteiger partial charge in [0.2, 0.25) is 0 Å². The summed E-state index contributed by atoms with van der Waals surface area (Å²) in [5.74, 6) is 1.82.